The molecule has 1 heteroatoms. The Hall–Kier alpha value is -6.70. The van der Waals surface area contributed by atoms with Crippen molar-refractivity contribution in [2.24, 2.45) is 0 Å². The van der Waals surface area contributed by atoms with Gasteiger partial charge >= 0.3 is 0 Å². The van der Waals surface area contributed by atoms with Gasteiger partial charge in [0.1, 0.15) is 11.2 Å². The second-order valence-electron chi connectivity index (χ2n) is 14.3. The molecule has 0 saturated heterocycles. The maximum absolute atomic E-state index is 7.13. The molecular weight excluding hydrogens is 629 g/mol. The Bertz CT molecular complexity index is 3060. The van der Waals surface area contributed by atoms with E-state index in [-0.39, 0.29) is 0 Å². The van der Waals surface area contributed by atoms with E-state index < -0.39 is 5.41 Å². The fourth-order valence-electron chi connectivity index (χ4n) is 9.87. The maximum atomic E-state index is 7.13. The van der Waals surface area contributed by atoms with Crippen molar-refractivity contribution in [3.63, 3.8) is 0 Å². The summed E-state index contributed by atoms with van der Waals surface area (Å²) in [6, 6.07) is 67.1. The van der Waals surface area contributed by atoms with Crippen molar-refractivity contribution in [1.82, 2.24) is 0 Å². The van der Waals surface area contributed by atoms with Crippen LogP contribution in [0.25, 0.3) is 88.0 Å². The second-order valence-corrected chi connectivity index (χ2v) is 14.3. The van der Waals surface area contributed by atoms with Gasteiger partial charge in [-0.05, 0) is 101 Å². The van der Waals surface area contributed by atoms with Crippen LogP contribution >= 0.6 is 0 Å². The van der Waals surface area contributed by atoms with Crippen LogP contribution in [0.3, 0.4) is 0 Å². The lowest BCUT2D eigenvalue weighted by Crippen LogP contribution is -2.26. The Labute approximate surface area is 301 Å². The van der Waals surface area contributed by atoms with Crippen LogP contribution in [0.4, 0.5) is 0 Å². The normalized spacial score (nSPS) is 13.5. The smallest absolute Gasteiger partial charge is 0.144 e. The van der Waals surface area contributed by atoms with Gasteiger partial charge in [-0.15, -0.1) is 0 Å². The molecule has 0 unspecified atom stereocenters. The molecule has 240 valence electrons. The number of hydrogen-bond donors (Lipinski definition) is 0. The minimum atomic E-state index is -0.564. The number of furan rings is 1. The summed E-state index contributed by atoms with van der Waals surface area (Å²) >= 11 is 0. The van der Waals surface area contributed by atoms with E-state index in [1.807, 2.05) is 0 Å². The van der Waals surface area contributed by atoms with Crippen molar-refractivity contribution in [3.05, 3.63) is 204 Å². The van der Waals surface area contributed by atoms with Crippen LogP contribution < -0.4 is 0 Å². The van der Waals surface area contributed by atoms with E-state index in [9.17, 15) is 0 Å². The Morgan fingerprint density at radius 3 is 1.67 bits per heavy atom. The molecule has 1 heterocycles. The minimum Gasteiger partial charge on any atom is -0.455 e. The number of hydrogen-bond acceptors (Lipinski definition) is 1. The average molecular weight is 659 g/mol. The summed E-state index contributed by atoms with van der Waals surface area (Å²) in [5, 5.41) is 7.38. The monoisotopic (exact) mass is 658 g/mol. The molecular formula is C51H30O. The average Bonchev–Trinajstić information content (AvgIpc) is 3.86. The molecule has 1 nitrogen and oxygen atoms in total. The summed E-state index contributed by atoms with van der Waals surface area (Å²) in [4.78, 5) is 0. The largest absolute Gasteiger partial charge is 0.455 e. The predicted octanol–water partition coefficient (Wildman–Crippen LogP) is 13.6. The lowest BCUT2D eigenvalue weighted by molar-refractivity contribution is 0.669. The van der Waals surface area contributed by atoms with Crippen molar-refractivity contribution in [3.8, 4) is 44.5 Å². The van der Waals surface area contributed by atoms with Gasteiger partial charge in [-0.2, -0.15) is 0 Å². The molecule has 2 aliphatic rings. The summed E-state index contributed by atoms with van der Waals surface area (Å²) in [6.45, 7) is 0. The van der Waals surface area contributed by atoms with Crippen molar-refractivity contribution in [2.75, 3.05) is 0 Å². The van der Waals surface area contributed by atoms with Crippen molar-refractivity contribution >= 4 is 43.5 Å². The van der Waals surface area contributed by atoms with E-state index in [1.165, 1.54) is 93.7 Å². The van der Waals surface area contributed by atoms with Gasteiger partial charge < -0.3 is 4.42 Å². The molecule has 12 rings (SSSR count). The molecule has 0 aliphatic heterocycles. The number of fused-ring (bicyclic) bond motifs is 19. The minimum absolute atomic E-state index is 0.564. The summed E-state index contributed by atoms with van der Waals surface area (Å²) in [7, 11) is 0. The van der Waals surface area contributed by atoms with Gasteiger partial charge in [0.05, 0.1) is 5.41 Å². The lowest BCUT2D eigenvalue weighted by atomic mass is 9.68. The van der Waals surface area contributed by atoms with Crippen LogP contribution in [0, 0.1) is 0 Å². The van der Waals surface area contributed by atoms with E-state index in [0.717, 1.165) is 16.6 Å². The van der Waals surface area contributed by atoms with E-state index in [0.29, 0.717) is 0 Å². The van der Waals surface area contributed by atoms with E-state index in [2.05, 4.69) is 182 Å². The van der Waals surface area contributed by atoms with Crippen LogP contribution in [0.15, 0.2) is 186 Å². The van der Waals surface area contributed by atoms with Crippen LogP contribution in [0.2, 0.25) is 0 Å². The topological polar surface area (TPSA) is 13.1 Å². The van der Waals surface area contributed by atoms with E-state index >= 15 is 0 Å². The number of benzene rings is 9. The molecule has 2 aliphatic carbocycles. The molecule has 9 aromatic carbocycles. The zero-order valence-corrected chi connectivity index (χ0v) is 28.2. The number of rotatable bonds is 2. The third-order valence-electron chi connectivity index (χ3n) is 11.8. The predicted molar refractivity (Wildman–Crippen MR) is 216 cm³/mol. The van der Waals surface area contributed by atoms with Crippen LogP contribution in [0.5, 0.6) is 0 Å². The molecule has 52 heavy (non-hydrogen) atoms. The quantitative estimate of drug-likeness (QED) is 0.169. The summed E-state index contributed by atoms with van der Waals surface area (Å²) < 4.78 is 7.13. The first-order valence-electron chi connectivity index (χ1n) is 18.1. The Kier molecular flexibility index (Phi) is 5.49. The second kappa shape index (κ2) is 10.2. The highest BCUT2D eigenvalue weighted by molar-refractivity contribution is 6.26. The number of para-hydroxylation sites is 1. The SMILES string of the molecule is c1ccc(-c2ccc3c4c(c5ccccc5c3c2)-c2c(cc(-c3ccccc3)c3c2oc2ccccc23)C42c3ccccc3-c3ccccc32)cc1. The van der Waals surface area contributed by atoms with Crippen LogP contribution in [-0.2, 0) is 5.41 Å². The summed E-state index contributed by atoms with van der Waals surface area (Å²) in [5.74, 6) is 0. The zero-order valence-electron chi connectivity index (χ0n) is 28.2. The molecule has 1 aromatic heterocycles. The zero-order chi connectivity index (χ0) is 34.0. The molecule has 0 N–H and O–H groups in total. The summed E-state index contributed by atoms with van der Waals surface area (Å²) in [5.41, 5.74) is 16.5. The molecule has 0 radical (unpaired) electrons. The highest BCUT2D eigenvalue weighted by atomic mass is 16.3. The highest BCUT2D eigenvalue weighted by Crippen LogP contribution is 2.67. The van der Waals surface area contributed by atoms with Crippen LogP contribution in [0.1, 0.15) is 22.3 Å². The Morgan fingerprint density at radius 1 is 0.346 bits per heavy atom. The molecule has 0 atom stereocenters. The van der Waals surface area contributed by atoms with Gasteiger partial charge in [-0.3, -0.25) is 0 Å². The molecule has 10 aromatic rings. The maximum Gasteiger partial charge on any atom is 0.144 e. The highest BCUT2D eigenvalue weighted by Gasteiger charge is 2.54. The van der Waals surface area contributed by atoms with E-state index in [4.69, 9.17) is 4.42 Å². The fraction of sp³-hybridized carbons (Fsp3) is 0.0196. The van der Waals surface area contributed by atoms with Crippen molar-refractivity contribution in [2.45, 2.75) is 5.41 Å². The molecule has 0 amide bonds. The molecule has 1 spiro atoms. The standard InChI is InChI=1S/C51H30O/c1-3-15-31(16-4-1)33-27-28-38-41(29-33)34-19-7-8-22-37(34)47-48-44(51(49(38)47)42-24-12-9-20-35(42)36-21-10-13-25-43(36)51)30-40(32-17-5-2-6-18-32)46-39-23-11-14-26-45(39)52-50(46)48/h1-30H. The Morgan fingerprint density at radius 2 is 0.942 bits per heavy atom. The van der Waals surface area contributed by atoms with Gasteiger partial charge in [-0.25, -0.2) is 0 Å². The van der Waals surface area contributed by atoms with Gasteiger partial charge in [0.2, 0.25) is 0 Å². The van der Waals surface area contributed by atoms with E-state index in [1.54, 1.807) is 0 Å². The fourth-order valence-corrected chi connectivity index (χ4v) is 9.87. The van der Waals surface area contributed by atoms with Crippen molar-refractivity contribution < 1.29 is 4.42 Å². The molecule has 0 bridgehead atoms. The molecule has 0 saturated carbocycles. The third kappa shape index (κ3) is 3.43. The van der Waals surface area contributed by atoms with Gasteiger partial charge in [0.15, 0.2) is 0 Å². The van der Waals surface area contributed by atoms with Gasteiger partial charge in [-0.1, -0.05) is 164 Å². The first-order chi connectivity index (χ1) is 25.8. The lowest BCUT2D eigenvalue weighted by Gasteiger charge is -2.32. The van der Waals surface area contributed by atoms with Gasteiger partial charge in [0, 0.05) is 16.3 Å². The Balaban J connectivity index is 1.36. The molecule has 0 fully saturated rings. The first-order valence-corrected chi connectivity index (χ1v) is 18.1. The summed E-state index contributed by atoms with van der Waals surface area (Å²) in [6.07, 6.45) is 0. The first kappa shape index (κ1) is 28.0. The third-order valence-corrected chi connectivity index (χ3v) is 11.8. The van der Waals surface area contributed by atoms with Gasteiger partial charge in [0.25, 0.3) is 0 Å². The van der Waals surface area contributed by atoms with Crippen LogP contribution in [-0.4, -0.2) is 0 Å². The van der Waals surface area contributed by atoms with Crippen molar-refractivity contribution in [1.29, 1.82) is 0 Å².